The van der Waals surface area contributed by atoms with E-state index >= 15 is 0 Å². The lowest BCUT2D eigenvalue weighted by Crippen LogP contribution is -1.90. The van der Waals surface area contributed by atoms with Crippen LogP contribution in [-0.2, 0) is 5.75 Å². The van der Waals surface area contributed by atoms with Crippen LogP contribution in [0.4, 0.5) is 4.39 Å². The van der Waals surface area contributed by atoms with Crippen molar-refractivity contribution < 1.29 is 9.13 Å². The highest BCUT2D eigenvalue weighted by molar-refractivity contribution is 7.98. The highest BCUT2D eigenvalue weighted by atomic mass is 32.2. The fourth-order valence-electron chi connectivity index (χ4n) is 2.05. The summed E-state index contributed by atoms with van der Waals surface area (Å²) in [6, 6.07) is 12.5. The fraction of sp³-hybridized carbons (Fsp3) is 0.188. The smallest absolute Gasteiger partial charge is 0.166 e. The lowest BCUT2D eigenvalue weighted by atomic mass is 10.2. The van der Waals surface area contributed by atoms with Crippen molar-refractivity contribution in [3.05, 3.63) is 53.8 Å². The summed E-state index contributed by atoms with van der Waals surface area (Å²) in [5.74, 6) is 1.18. The molecule has 0 bridgehead atoms. The summed E-state index contributed by atoms with van der Waals surface area (Å²) in [7, 11) is 0. The minimum absolute atomic E-state index is 0.181. The number of thioether (sulfide) groups is 1. The monoisotopic (exact) mass is 302 g/mol. The number of hydrogen-bond acceptors (Lipinski definition) is 3. The van der Waals surface area contributed by atoms with Crippen molar-refractivity contribution in [1.82, 2.24) is 9.97 Å². The average molecular weight is 302 g/mol. The van der Waals surface area contributed by atoms with E-state index in [4.69, 9.17) is 4.74 Å². The number of halogens is 1. The lowest BCUT2D eigenvalue weighted by Gasteiger charge is -2.01. The summed E-state index contributed by atoms with van der Waals surface area (Å²) in [4.78, 5) is 7.72. The maximum atomic E-state index is 13.6. The predicted octanol–water partition coefficient (Wildman–Crippen LogP) is 4.39. The number of aromatic amines is 1. The zero-order valence-electron chi connectivity index (χ0n) is 11.6. The molecule has 1 aromatic heterocycles. The molecule has 108 valence electrons. The minimum atomic E-state index is -0.181. The molecule has 1 heterocycles. The number of ether oxygens (including phenoxy) is 1. The molecule has 2 aromatic carbocycles. The molecule has 21 heavy (non-hydrogen) atoms. The van der Waals surface area contributed by atoms with Gasteiger partial charge in [-0.25, -0.2) is 9.37 Å². The molecule has 0 spiro atoms. The normalized spacial score (nSPS) is 11.0. The van der Waals surface area contributed by atoms with E-state index in [0.717, 1.165) is 21.9 Å². The Morgan fingerprint density at radius 1 is 1.24 bits per heavy atom. The van der Waals surface area contributed by atoms with Crippen LogP contribution in [-0.4, -0.2) is 16.6 Å². The van der Waals surface area contributed by atoms with E-state index in [0.29, 0.717) is 17.9 Å². The van der Waals surface area contributed by atoms with Gasteiger partial charge in [0, 0.05) is 11.8 Å². The number of H-pyrrole nitrogens is 1. The fourth-order valence-corrected chi connectivity index (χ4v) is 2.92. The Kier molecular flexibility index (Phi) is 4.10. The summed E-state index contributed by atoms with van der Waals surface area (Å²) in [5.41, 5.74) is 2.49. The number of hydrogen-bond donors (Lipinski definition) is 1. The molecule has 1 N–H and O–H groups in total. The molecule has 0 saturated heterocycles. The molecule has 0 fully saturated rings. The second-order valence-corrected chi connectivity index (χ2v) is 5.50. The van der Waals surface area contributed by atoms with Crippen LogP contribution in [0.2, 0.25) is 0 Å². The maximum Gasteiger partial charge on any atom is 0.166 e. The van der Waals surface area contributed by atoms with Crippen molar-refractivity contribution in [2.75, 3.05) is 6.61 Å². The lowest BCUT2D eigenvalue weighted by molar-refractivity contribution is 0.340. The summed E-state index contributed by atoms with van der Waals surface area (Å²) < 4.78 is 19.0. The second kappa shape index (κ2) is 6.18. The number of fused-ring (bicyclic) bond motifs is 1. The minimum Gasteiger partial charge on any atom is -0.494 e. The predicted molar refractivity (Wildman–Crippen MR) is 83.2 cm³/mol. The number of aromatic nitrogens is 2. The van der Waals surface area contributed by atoms with Crippen molar-refractivity contribution in [2.24, 2.45) is 0 Å². The third-order valence-corrected chi connectivity index (χ3v) is 3.99. The second-order valence-electron chi connectivity index (χ2n) is 4.53. The molecular weight excluding hydrogens is 287 g/mol. The third-order valence-electron chi connectivity index (χ3n) is 3.06. The molecule has 0 aliphatic heterocycles. The van der Waals surface area contributed by atoms with Crippen molar-refractivity contribution in [2.45, 2.75) is 17.8 Å². The first-order valence-corrected chi connectivity index (χ1v) is 7.73. The first kappa shape index (κ1) is 13.9. The Labute approximate surface area is 126 Å². The van der Waals surface area contributed by atoms with Gasteiger partial charge in [-0.05, 0) is 30.7 Å². The third kappa shape index (κ3) is 3.19. The van der Waals surface area contributed by atoms with Crippen molar-refractivity contribution >= 4 is 22.8 Å². The Morgan fingerprint density at radius 2 is 2.10 bits per heavy atom. The van der Waals surface area contributed by atoms with E-state index in [1.165, 1.54) is 17.8 Å². The van der Waals surface area contributed by atoms with Gasteiger partial charge in [0.15, 0.2) is 5.16 Å². The van der Waals surface area contributed by atoms with Crippen LogP contribution in [0.25, 0.3) is 11.0 Å². The number of nitrogens with zero attached hydrogens (tertiary/aromatic N) is 1. The highest BCUT2D eigenvalue weighted by Gasteiger charge is 2.07. The largest absolute Gasteiger partial charge is 0.494 e. The molecule has 0 unspecified atom stereocenters. The highest BCUT2D eigenvalue weighted by Crippen LogP contribution is 2.26. The molecule has 0 radical (unpaired) electrons. The van der Waals surface area contributed by atoms with Gasteiger partial charge in [-0.15, -0.1) is 0 Å². The molecule has 0 aliphatic rings. The Bertz CT molecular complexity index is 757. The molecule has 5 heteroatoms. The van der Waals surface area contributed by atoms with Crippen LogP contribution in [0.15, 0.2) is 47.6 Å². The van der Waals surface area contributed by atoms with Crippen molar-refractivity contribution in [3.8, 4) is 5.75 Å². The average Bonchev–Trinajstić information content (AvgIpc) is 2.89. The van der Waals surface area contributed by atoms with E-state index in [-0.39, 0.29) is 5.82 Å². The summed E-state index contributed by atoms with van der Waals surface area (Å²) in [6.07, 6.45) is 0. The van der Waals surface area contributed by atoms with E-state index in [1.54, 1.807) is 12.1 Å². The molecule has 3 rings (SSSR count). The number of benzene rings is 2. The van der Waals surface area contributed by atoms with Crippen LogP contribution in [0.5, 0.6) is 5.75 Å². The molecule has 0 amide bonds. The van der Waals surface area contributed by atoms with Crippen LogP contribution < -0.4 is 4.74 Å². The number of rotatable bonds is 5. The number of imidazole rings is 1. The van der Waals surface area contributed by atoms with Crippen molar-refractivity contribution in [3.63, 3.8) is 0 Å². The zero-order chi connectivity index (χ0) is 14.7. The number of nitrogens with one attached hydrogen (secondary N) is 1. The van der Waals surface area contributed by atoms with E-state index in [1.807, 2.05) is 31.2 Å². The van der Waals surface area contributed by atoms with Gasteiger partial charge >= 0.3 is 0 Å². The molecule has 3 aromatic rings. The zero-order valence-corrected chi connectivity index (χ0v) is 12.4. The molecule has 0 aliphatic carbocycles. The molecule has 0 saturated carbocycles. The van der Waals surface area contributed by atoms with Gasteiger partial charge in [-0.3, -0.25) is 0 Å². The van der Waals surface area contributed by atoms with E-state index < -0.39 is 0 Å². The first-order chi connectivity index (χ1) is 10.3. The quantitative estimate of drug-likeness (QED) is 0.710. The summed E-state index contributed by atoms with van der Waals surface area (Å²) >= 11 is 1.49. The van der Waals surface area contributed by atoms with Gasteiger partial charge < -0.3 is 9.72 Å². The van der Waals surface area contributed by atoms with Gasteiger partial charge in [-0.1, -0.05) is 30.0 Å². The summed E-state index contributed by atoms with van der Waals surface area (Å²) in [5, 5.41) is 0.780. The van der Waals surface area contributed by atoms with Crippen LogP contribution in [0.3, 0.4) is 0 Å². The standard InChI is InChI=1S/C16H15FN2OS/c1-2-20-12-7-8-14-15(9-12)19-16(18-14)21-10-11-5-3-4-6-13(11)17/h3-9H,2,10H2,1H3,(H,18,19). The Balaban J connectivity index is 1.77. The first-order valence-electron chi connectivity index (χ1n) is 6.75. The van der Waals surface area contributed by atoms with Gasteiger partial charge in [0.2, 0.25) is 0 Å². The van der Waals surface area contributed by atoms with Gasteiger partial charge in [0.1, 0.15) is 11.6 Å². The maximum absolute atomic E-state index is 13.6. The summed E-state index contributed by atoms with van der Waals surface area (Å²) in [6.45, 7) is 2.58. The van der Waals surface area contributed by atoms with Gasteiger partial charge in [0.25, 0.3) is 0 Å². The Hall–Kier alpha value is -2.01. The van der Waals surface area contributed by atoms with Crippen molar-refractivity contribution in [1.29, 1.82) is 0 Å². The van der Waals surface area contributed by atoms with Gasteiger partial charge in [0.05, 0.1) is 17.6 Å². The molecular formula is C16H15FN2OS. The van der Waals surface area contributed by atoms with E-state index in [2.05, 4.69) is 9.97 Å². The topological polar surface area (TPSA) is 37.9 Å². The Morgan fingerprint density at radius 3 is 2.90 bits per heavy atom. The SMILES string of the molecule is CCOc1ccc2nc(SCc3ccccc3F)[nH]c2c1. The molecule has 0 atom stereocenters. The van der Waals surface area contributed by atoms with Gasteiger partial charge in [-0.2, -0.15) is 0 Å². The van der Waals surface area contributed by atoms with Crippen LogP contribution in [0.1, 0.15) is 12.5 Å². The van der Waals surface area contributed by atoms with Crippen LogP contribution in [0, 0.1) is 5.82 Å². The molecule has 3 nitrogen and oxygen atoms in total. The van der Waals surface area contributed by atoms with Crippen LogP contribution >= 0.6 is 11.8 Å². The van der Waals surface area contributed by atoms with E-state index in [9.17, 15) is 4.39 Å².